The average molecular weight is 261 g/mol. The Kier molecular flexibility index (Phi) is 3.27. The molecule has 2 aromatic rings. The van der Waals surface area contributed by atoms with Gasteiger partial charge in [-0.1, -0.05) is 26.8 Å². The number of aromatic nitrogens is 1. The van der Waals surface area contributed by atoms with Crippen LogP contribution in [0.25, 0.3) is 10.9 Å². The maximum atomic E-state index is 10.7. The Hall–Kier alpha value is -1.97. The molecule has 0 saturated carbocycles. The third kappa shape index (κ3) is 2.57. The number of rotatable bonds is 3. The molecule has 0 spiro atoms. The van der Waals surface area contributed by atoms with Crippen LogP contribution in [0.1, 0.15) is 38.3 Å². The number of aryl methyl sites for hydroxylation is 1. The Morgan fingerprint density at radius 3 is 2.58 bits per heavy atom. The highest BCUT2D eigenvalue weighted by molar-refractivity contribution is 5.91. The summed E-state index contributed by atoms with van der Waals surface area (Å²) in [6.45, 7) is 6.12. The van der Waals surface area contributed by atoms with Gasteiger partial charge < -0.3 is 15.2 Å². The minimum Gasteiger partial charge on any atom is -0.507 e. The fraction of sp³-hybridized carbons (Fsp3) is 0.400. The molecular formula is C15H19NO3. The van der Waals surface area contributed by atoms with E-state index in [0.29, 0.717) is 6.42 Å². The van der Waals surface area contributed by atoms with Gasteiger partial charge in [0.1, 0.15) is 5.75 Å². The summed E-state index contributed by atoms with van der Waals surface area (Å²) >= 11 is 0. The van der Waals surface area contributed by atoms with Gasteiger partial charge in [-0.2, -0.15) is 0 Å². The summed E-state index contributed by atoms with van der Waals surface area (Å²) in [7, 11) is 0. The number of aromatic hydroxyl groups is 1. The van der Waals surface area contributed by atoms with Crippen molar-refractivity contribution in [1.29, 1.82) is 0 Å². The molecule has 102 valence electrons. The molecule has 0 aliphatic heterocycles. The lowest BCUT2D eigenvalue weighted by Gasteiger charge is -2.21. The summed E-state index contributed by atoms with van der Waals surface area (Å²) in [5.74, 6) is -0.576. The Balaban J connectivity index is 2.53. The van der Waals surface area contributed by atoms with Gasteiger partial charge >= 0.3 is 5.97 Å². The van der Waals surface area contributed by atoms with Crippen LogP contribution in [0.3, 0.4) is 0 Å². The van der Waals surface area contributed by atoms with Crippen molar-refractivity contribution in [3.8, 4) is 5.75 Å². The molecule has 0 saturated heterocycles. The molecule has 2 rings (SSSR count). The summed E-state index contributed by atoms with van der Waals surface area (Å²) < 4.78 is 0. The van der Waals surface area contributed by atoms with E-state index in [1.807, 2.05) is 32.9 Å². The van der Waals surface area contributed by atoms with E-state index < -0.39 is 5.97 Å². The molecule has 0 bridgehead atoms. The van der Waals surface area contributed by atoms with Crippen LogP contribution in [-0.4, -0.2) is 21.2 Å². The van der Waals surface area contributed by atoms with Crippen molar-refractivity contribution in [3.63, 3.8) is 0 Å². The van der Waals surface area contributed by atoms with Crippen molar-refractivity contribution in [2.75, 3.05) is 0 Å². The molecule has 1 aromatic heterocycles. The van der Waals surface area contributed by atoms with E-state index >= 15 is 0 Å². The number of aromatic amines is 1. The number of fused-ring (bicyclic) bond motifs is 1. The Morgan fingerprint density at radius 1 is 1.32 bits per heavy atom. The Labute approximate surface area is 112 Å². The maximum absolute atomic E-state index is 10.7. The van der Waals surface area contributed by atoms with Gasteiger partial charge in [0.25, 0.3) is 0 Å². The highest BCUT2D eigenvalue weighted by Gasteiger charge is 2.21. The molecule has 0 fully saturated rings. The number of nitrogens with one attached hydrogen (secondary N) is 1. The molecule has 19 heavy (non-hydrogen) atoms. The second-order valence-electron chi connectivity index (χ2n) is 5.84. The van der Waals surface area contributed by atoms with Gasteiger partial charge in [0.05, 0.1) is 0 Å². The van der Waals surface area contributed by atoms with Crippen LogP contribution in [0.2, 0.25) is 0 Å². The quantitative estimate of drug-likeness (QED) is 0.794. The van der Waals surface area contributed by atoms with Crippen molar-refractivity contribution in [2.45, 2.75) is 39.0 Å². The second-order valence-corrected chi connectivity index (χ2v) is 5.84. The first-order chi connectivity index (χ1) is 8.80. The van der Waals surface area contributed by atoms with Gasteiger partial charge in [-0.25, -0.2) is 0 Å². The van der Waals surface area contributed by atoms with Crippen LogP contribution in [0.4, 0.5) is 0 Å². The van der Waals surface area contributed by atoms with Crippen LogP contribution in [-0.2, 0) is 16.6 Å². The van der Waals surface area contributed by atoms with Gasteiger partial charge in [-0.05, 0) is 23.5 Å². The van der Waals surface area contributed by atoms with E-state index in [9.17, 15) is 9.90 Å². The highest BCUT2D eigenvalue weighted by Crippen LogP contribution is 2.38. The molecule has 1 aromatic carbocycles. The fourth-order valence-electron chi connectivity index (χ4n) is 2.32. The third-order valence-corrected chi connectivity index (χ3v) is 3.32. The summed E-state index contributed by atoms with van der Waals surface area (Å²) in [4.78, 5) is 13.7. The number of phenols is 1. The number of hydrogen-bond donors (Lipinski definition) is 3. The fourth-order valence-corrected chi connectivity index (χ4v) is 2.32. The maximum Gasteiger partial charge on any atom is 0.303 e. The first-order valence-electron chi connectivity index (χ1n) is 6.35. The van der Waals surface area contributed by atoms with Gasteiger partial charge in [-0.3, -0.25) is 4.79 Å². The van der Waals surface area contributed by atoms with Crippen LogP contribution < -0.4 is 0 Å². The molecule has 0 aliphatic carbocycles. The minimum absolute atomic E-state index is 0.0616. The number of carboxylic acid groups (broad SMARTS) is 1. The van der Waals surface area contributed by atoms with E-state index in [-0.39, 0.29) is 17.6 Å². The van der Waals surface area contributed by atoms with Gasteiger partial charge in [-0.15, -0.1) is 0 Å². The summed E-state index contributed by atoms with van der Waals surface area (Å²) in [5.41, 5.74) is 2.41. The predicted octanol–water partition coefficient (Wildman–Crippen LogP) is 3.19. The Morgan fingerprint density at radius 2 is 2.00 bits per heavy atom. The molecule has 3 N–H and O–H groups in total. The number of carboxylic acids is 1. The van der Waals surface area contributed by atoms with Crippen molar-refractivity contribution in [3.05, 3.63) is 29.5 Å². The molecule has 0 atom stereocenters. The standard InChI is InChI=1S/C15H19NO3/c1-15(2,3)10-5-6-11-13(14(10)19)9(8-16-11)4-7-12(17)18/h5-6,8,16,19H,4,7H2,1-3H3,(H,17,18). The lowest BCUT2D eigenvalue weighted by Crippen LogP contribution is -2.11. The van der Waals surface area contributed by atoms with E-state index in [2.05, 4.69) is 4.98 Å². The monoisotopic (exact) mass is 261 g/mol. The number of hydrogen-bond acceptors (Lipinski definition) is 2. The number of carbonyl (C=O) groups is 1. The van der Waals surface area contributed by atoms with E-state index in [1.54, 1.807) is 6.20 Å². The largest absolute Gasteiger partial charge is 0.507 e. The SMILES string of the molecule is CC(C)(C)c1ccc2[nH]cc(CCC(=O)O)c2c1O. The normalized spacial score (nSPS) is 11.9. The van der Waals surface area contributed by atoms with Crippen molar-refractivity contribution in [2.24, 2.45) is 0 Å². The zero-order valence-corrected chi connectivity index (χ0v) is 11.4. The van der Waals surface area contributed by atoms with Gasteiger partial charge in [0.15, 0.2) is 0 Å². The van der Waals surface area contributed by atoms with Gasteiger partial charge in [0.2, 0.25) is 0 Å². The second kappa shape index (κ2) is 4.61. The van der Waals surface area contributed by atoms with Crippen molar-refractivity contribution in [1.82, 2.24) is 4.98 Å². The number of H-pyrrole nitrogens is 1. The van der Waals surface area contributed by atoms with Crippen LogP contribution in [0.15, 0.2) is 18.3 Å². The Bertz CT molecular complexity index is 620. The first-order valence-corrected chi connectivity index (χ1v) is 6.35. The molecular weight excluding hydrogens is 242 g/mol. The molecule has 0 unspecified atom stereocenters. The minimum atomic E-state index is -0.833. The zero-order chi connectivity index (χ0) is 14.2. The summed E-state index contributed by atoms with van der Waals surface area (Å²) in [5, 5.41) is 20.0. The lowest BCUT2D eigenvalue weighted by atomic mass is 9.85. The number of aliphatic carboxylic acids is 1. The third-order valence-electron chi connectivity index (χ3n) is 3.32. The summed E-state index contributed by atoms with van der Waals surface area (Å²) in [6.07, 6.45) is 2.25. The molecule has 1 heterocycles. The number of benzene rings is 1. The topological polar surface area (TPSA) is 73.3 Å². The van der Waals surface area contributed by atoms with Crippen LogP contribution >= 0.6 is 0 Å². The highest BCUT2D eigenvalue weighted by atomic mass is 16.4. The molecule has 4 heteroatoms. The molecule has 0 amide bonds. The summed E-state index contributed by atoms with van der Waals surface area (Å²) in [6, 6.07) is 3.84. The zero-order valence-electron chi connectivity index (χ0n) is 11.4. The van der Waals surface area contributed by atoms with Crippen molar-refractivity contribution >= 4 is 16.9 Å². The molecule has 4 nitrogen and oxygen atoms in total. The van der Waals surface area contributed by atoms with Crippen LogP contribution in [0, 0.1) is 0 Å². The van der Waals surface area contributed by atoms with Crippen molar-refractivity contribution < 1.29 is 15.0 Å². The van der Waals surface area contributed by atoms with E-state index in [4.69, 9.17) is 5.11 Å². The first kappa shape index (κ1) is 13.5. The van der Waals surface area contributed by atoms with E-state index in [0.717, 1.165) is 22.0 Å². The molecule has 0 aliphatic rings. The van der Waals surface area contributed by atoms with Crippen LogP contribution in [0.5, 0.6) is 5.75 Å². The molecule has 0 radical (unpaired) electrons. The van der Waals surface area contributed by atoms with E-state index in [1.165, 1.54) is 0 Å². The number of phenolic OH excluding ortho intramolecular Hbond substituents is 1. The lowest BCUT2D eigenvalue weighted by molar-refractivity contribution is -0.136. The smallest absolute Gasteiger partial charge is 0.303 e. The van der Waals surface area contributed by atoms with Gasteiger partial charge in [0, 0.05) is 29.1 Å². The predicted molar refractivity (Wildman–Crippen MR) is 74.6 cm³/mol. The average Bonchev–Trinajstić information content (AvgIpc) is 2.69.